The van der Waals surface area contributed by atoms with Crippen LogP contribution in [0.25, 0.3) is 56.0 Å². The fourth-order valence-electron chi connectivity index (χ4n) is 5.86. The van der Waals surface area contributed by atoms with Crippen LogP contribution in [0.5, 0.6) is 0 Å². The molecule has 7 rings (SSSR count). The molecule has 5 aromatic carbocycles. The third-order valence-electron chi connectivity index (χ3n) is 7.90. The van der Waals surface area contributed by atoms with Crippen molar-refractivity contribution in [3.05, 3.63) is 139 Å². The Morgan fingerprint density at radius 2 is 1.02 bits per heavy atom. The summed E-state index contributed by atoms with van der Waals surface area (Å²) in [5, 5.41) is 11.9. The van der Waals surface area contributed by atoms with Crippen LogP contribution in [0.2, 0.25) is 0 Å². The van der Waals surface area contributed by atoms with Gasteiger partial charge in [0.1, 0.15) is 5.56 Å². The highest BCUT2D eigenvalue weighted by molar-refractivity contribution is 6.09. The molecule has 0 radical (unpaired) electrons. The molecule has 0 saturated heterocycles. The lowest BCUT2D eigenvalue weighted by Gasteiger charge is -2.12. The maximum absolute atomic E-state index is 4.72. The molecule has 0 fully saturated rings. The van der Waals surface area contributed by atoms with E-state index in [1.54, 1.807) is 0 Å². The van der Waals surface area contributed by atoms with Crippen molar-refractivity contribution in [2.45, 2.75) is 26.7 Å². The number of hydrogen-bond acceptors (Lipinski definition) is 2. The number of benzene rings is 5. The molecular weight excluding hydrogens is 500 g/mol. The largest absolute Gasteiger partial charge is 0.309 e. The monoisotopic (exact) mass is 531 g/mol. The zero-order valence-electron chi connectivity index (χ0n) is 23.3. The van der Waals surface area contributed by atoms with E-state index in [1.807, 2.05) is 18.2 Å². The summed E-state index contributed by atoms with van der Waals surface area (Å²) in [6.45, 7) is 4.44. The van der Waals surface area contributed by atoms with Crippen LogP contribution in [0.15, 0.2) is 127 Å². The molecule has 4 heteroatoms. The number of rotatable bonds is 7. The minimum Gasteiger partial charge on any atom is -0.309 e. The summed E-state index contributed by atoms with van der Waals surface area (Å²) < 4.78 is 4.51. The highest BCUT2D eigenvalue weighted by Crippen LogP contribution is 2.34. The molecule has 0 spiro atoms. The minimum atomic E-state index is 0.819. The molecule has 0 N–H and O–H groups in total. The van der Waals surface area contributed by atoms with Gasteiger partial charge < -0.3 is 4.57 Å². The van der Waals surface area contributed by atoms with Gasteiger partial charge in [-0.1, -0.05) is 73.7 Å². The molecule has 198 valence electrons. The topological polar surface area (TPSA) is 35.6 Å². The second kappa shape index (κ2) is 10.5. The molecule has 0 saturated carbocycles. The van der Waals surface area contributed by atoms with E-state index in [4.69, 9.17) is 5.10 Å². The normalized spacial score (nSPS) is 11.4. The third-order valence-corrected chi connectivity index (χ3v) is 7.90. The highest BCUT2D eigenvalue weighted by Gasteiger charge is 2.20. The molecule has 2 heterocycles. The van der Waals surface area contributed by atoms with Gasteiger partial charge in [-0.15, -0.1) is 10.2 Å². The van der Waals surface area contributed by atoms with Gasteiger partial charge in [0.2, 0.25) is 0 Å². The van der Waals surface area contributed by atoms with Gasteiger partial charge in [-0.2, -0.15) is 0 Å². The average molecular weight is 532 g/mol. The molecule has 0 unspecified atom stereocenters. The van der Waals surface area contributed by atoms with Crippen LogP contribution >= 0.6 is 0 Å². The molecule has 4 nitrogen and oxygen atoms in total. The Labute approximate surface area is 240 Å². The molecule has 41 heavy (non-hydrogen) atoms. The Hall–Kier alpha value is -5.09. The smallest absolute Gasteiger partial charge is 0.168 e. The molecule has 0 atom stereocenters. The summed E-state index contributed by atoms with van der Waals surface area (Å²) in [6.07, 6.45) is 2.25. The van der Waals surface area contributed by atoms with Crippen LogP contribution < -0.4 is 0 Å². The first kappa shape index (κ1) is 24.9. The number of aromatic nitrogens is 4. The van der Waals surface area contributed by atoms with E-state index in [0.717, 1.165) is 47.0 Å². The minimum absolute atomic E-state index is 0.819. The van der Waals surface area contributed by atoms with Crippen molar-refractivity contribution < 1.29 is 0 Å². The lowest BCUT2D eigenvalue weighted by atomic mass is 9.96. The number of nitrogens with zero attached hydrogens (tertiary/aromatic N) is 4. The van der Waals surface area contributed by atoms with Crippen LogP contribution in [0.4, 0.5) is 0 Å². The Morgan fingerprint density at radius 3 is 1.61 bits per heavy atom. The second-order valence-corrected chi connectivity index (χ2v) is 10.5. The second-order valence-electron chi connectivity index (χ2n) is 10.5. The quantitative estimate of drug-likeness (QED) is 0.192. The summed E-state index contributed by atoms with van der Waals surface area (Å²) in [5.74, 6) is 3.06. The van der Waals surface area contributed by atoms with E-state index in [9.17, 15) is 0 Å². The number of fused-ring (bicyclic) bond motifs is 3. The van der Waals surface area contributed by atoms with E-state index < -0.39 is 0 Å². The van der Waals surface area contributed by atoms with Crippen LogP contribution in [-0.2, 0) is 0 Å². The number of hydrogen-bond donors (Lipinski definition) is 0. The Kier molecular flexibility index (Phi) is 6.36. The van der Waals surface area contributed by atoms with Gasteiger partial charge >= 0.3 is 0 Å². The van der Waals surface area contributed by atoms with Gasteiger partial charge in [0.05, 0.1) is 16.7 Å². The van der Waals surface area contributed by atoms with Gasteiger partial charge in [-0.05, 0) is 42.8 Å². The lowest BCUT2D eigenvalue weighted by Crippen LogP contribution is -2.02. The van der Waals surface area contributed by atoms with Gasteiger partial charge in [-0.25, -0.2) is 0 Å². The van der Waals surface area contributed by atoms with E-state index in [2.05, 4.69) is 137 Å². The van der Waals surface area contributed by atoms with Crippen molar-refractivity contribution in [1.82, 2.24) is 19.3 Å². The summed E-state index contributed by atoms with van der Waals surface area (Å²) in [6, 6.07) is 44.9. The lowest BCUT2D eigenvalue weighted by molar-refractivity contribution is 0.828. The van der Waals surface area contributed by atoms with Crippen LogP contribution in [-0.4, -0.2) is 19.3 Å². The highest BCUT2D eigenvalue weighted by atomic mass is 15.3. The maximum Gasteiger partial charge on any atom is 0.168 e. The summed E-state index contributed by atoms with van der Waals surface area (Å²) in [5.41, 5.74) is 7.89. The Morgan fingerprint density at radius 1 is 0.537 bits per heavy atom. The maximum atomic E-state index is 4.72. The van der Waals surface area contributed by atoms with Crippen molar-refractivity contribution >= 4 is 21.8 Å². The van der Waals surface area contributed by atoms with Crippen molar-refractivity contribution in [3.8, 4) is 34.2 Å². The van der Waals surface area contributed by atoms with Gasteiger partial charge in [0.25, 0.3) is 0 Å². The summed E-state index contributed by atoms with van der Waals surface area (Å²) >= 11 is 0. The van der Waals surface area contributed by atoms with Crippen LogP contribution in [0.1, 0.15) is 32.3 Å². The first-order chi connectivity index (χ1) is 20.2. The van der Waals surface area contributed by atoms with E-state index in [-0.39, 0.29) is 0 Å². The molecule has 0 aliphatic heterocycles. The van der Waals surface area contributed by atoms with Crippen molar-refractivity contribution in [1.29, 1.82) is 0 Å². The predicted molar refractivity (Wildman–Crippen MR) is 169 cm³/mol. The molecule has 0 aliphatic carbocycles. The molecule has 0 aliphatic rings. The first-order valence-electron chi connectivity index (χ1n) is 14.3. The van der Waals surface area contributed by atoms with Crippen molar-refractivity contribution in [2.75, 3.05) is 0 Å². The van der Waals surface area contributed by atoms with Gasteiger partial charge in [-0.3, -0.25) is 4.57 Å². The summed E-state index contributed by atoms with van der Waals surface area (Å²) in [4.78, 5) is 0. The number of para-hydroxylation sites is 2. The van der Waals surface area contributed by atoms with Crippen LogP contribution in [0, 0.1) is 5.92 Å². The molecule has 0 amide bonds. The molecular formula is C37H31N4+. The fourth-order valence-corrected chi connectivity index (χ4v) is 5.86. The first-order valence-corrected chi connectivity index (χ1v) is 14.3. The fraction of sp³-hybridized carbons (Fsp3) is 0.108. The van der Waals surface area contributed by atoms with Gasteiger partial charge in [0, 0.05) is 71.1 Å². The Balaban J connectivity index is 1.34. The molecule has 2 aromatic heterocycles. The molecule has 0 bridgehead atoms. The SMILES string of the molecule is CCC[C+](C)c1ccc(-n2c(-c3ccccc3)nnc2-c2ccc(-n3c4ccccc4c4ccccc43)cc2)cc1. The average Bonchev–Trinajstić information content (AvgIpc) is 3.62. The van der Waals surface area contributed by atoms with Crippen molar-refractivity contribution in [3.63, 3.8) is 0 Å². The molecule has 7 aromatic rings. The zero-order chi connectivity index (χ0) is 27.8. The van der Waals surface area contributed by atoms with Gasteiger partial charge in [0.15, 0.2) is 11.6 Å². The van der Waals surface area contributed by atoms with E-state index in [0.29, 0.717) is 0 Å². The van der Waals surface area contributed by atoms with E-state index in [1.165, 1.54) is 33.3 Å². The zero-order valence-corrected chi connectivity index (χ0v) is 23.3. The summed E-state index contributed by atoms with van der Waals surface area (Å²) in [7, 11) is 0. The predicted octanol–water partition coefficient (Wildman–Crippen LogP) is 9.44. The third kappa shape index (κ3) is 4.38. The van der Waals surface area contributed by atoms with Crippen LogP contribution in [0.3, 0.4) is 0 Å². The van der Waals surface area contributed by atoms with Crippen molar-refractivity contribution in [2.24, 2.45) is 0 Å². The van der Waals surface area contributed by atoms with E-state index >= 15 is 0 Å². The standard InChI is InChI=1S/C37H31N4/c1-3-11-26(2)27-18-22-31(23-19-27)41-36(28-12-5-4-6-13-28)38-39-37(41)29-20-24-30(25-21-29)40-34-16-9-7-14-32(34)33-15-8-10-17-35(33)40/h4-10,12-25H,3,11H2,1-2H3/q+1. The Bertz CT molecular complexity index is 1890.